The molecule has 11 aromatic rings. The van der Waals surface area contributed by atoms with Crippen molar-refractivity contribution in [2.45, 2.75) is 0 Å². The molecule has 0 N–H and O–H groups in total. The Kier molecular flexibility index (Phi) is 4.03. The van der Waals surface area contributed by atoms with Crippen LogP contribution in [0.25, 0.3) is 111 Å². The van der Waals surface area contributed by atoms with E-state index in [1.807, 2.05) is 30.3 Å². The van der Waals surface area contributed by atoms with Crippen LogP contribution in [-0.4, -0.2) is 15.0 Å². The number of hydrogen-bond acceptors (Lipinski definition) is 4. The highest BCUT2D eigenvalue weighted by molar-refractivity contribution is 6.25. The molecule has 0 saturated heterocycles. The summed E-state index contributed by atoms with van der Waals surface area (Å²) in [7, 11) is 0. The lowest BCUT2D eigenvalue weighted by molar-refractivity contribution is 0.669. The molecule has 9 aromatic carbocycles. The standard InChI is InChI=1S/C51H31N3O/c1-2-10-35(11-3-1)49-52-50(54-51(53-49)38-27-29-45-44-16-8-9-17-47(44)55-48(45)31-38)36-24-22-33(23-25-36)32-18-20-34(21-19-32)37-26-28-43-41-14-5-4-12-39(41)40-13-6-7-15-42(40)46(43)30-37/h1-31H/i4D,5D,6D,7D,12D,13D,14D,15D,18D,19D,20D,21D,22D,23D,24D,25D,26D,28D,30D. The Morgan fingerprint density at radius 2 is 0.800 bits per heavy atom. The van der Waals surface area contributed by atoms with Crippen molar-refractivity contribution in [3.63, 3.8) is 0 Å². The van der Waals surface area contributed by atoms with Crippen LogP contribution < -0.4 is 0 Å². The Morgan fingerprint density at radius 3 is 1.45 bits per heavy atom. The van der Waals surface area contributed by atoms with Gasteiger partial charge in [-0.25, -0.2) is 15.0 Å². The number of fused-ring (bicyclic) bond motifs is 9. The largest absolute Gasteiger partial charge is 0.456 e. The predicted octanol–water partition coefficient (Wildman–Crippen LogP) is 13.6. The number of para-hydroxylation sites is 1. The zero-order valence-electron chi connectivity index (χ0n) is 47.2. The summed E-state index contributed by atoms with van der Waals surface area (Å²) in [6, 6.07) is 6.39. The third-order valence-electron chi connectivity index (χ3n) is 9.22. The van der Waals surface area contributed by atoms with E-state index in [1.165, 1.54) is 0 Å². The monoisotopic (exact) mass is 720 g/mol. The third kappa shape index (κ3) is 5.34. The van der Waals surface area contributed by atoms with E-state index in [1.54, 1.807) is 42.5 Å². The third-order valence-corrected chi connectivity index (χ3v) is 9.22. The number of rotatable bonds is 5. The highest BCUT2D eigenvalue weighted by Gasteiger charge is 2.15. The lowest BCUT2D eigenvalue weighted by Gasteiger charge is -2.12. The Labute approximate surface area is 343 Å². The molecule has 0 aliphatic heterocycles. The molecule has 55 heavy (non-hydrogen) atoms. The molecule has 256 valence electrons. The molecule has 0 bridgehead atoms. The molecule has 4 nitrogen and oxygen atoms in total. The van der Waals surface area contributed by atoms with Gasteiger partial charge < -0.3 is 4.42 Å². The first kappa shape index (κ1) is 17.6. The van der Waals surface area contributed by atoms with Crippen LogP contribution in [0.2, 0.25) is 0 Å². The van der Waals surface area contributed by atoms with Gasteiger partial charge in [-0.1, -0.05) is 163 Å². The molecule has 11 rings (SSSR count). The first-order chi connectivity index (χ1) is 35.2. The quantitative estimate of drug-likeness (QED) is 0.166. The van der Waals surface area contributed by atoms with Crippen molar-refractivity contribution in [1.29, 1.82) is 0 Å². The molecule has 0 aliphatic rings. The molecule has 0 atom stereocenters. The van der Waals surface area contributed by atoms with Crippen LogP contribution in [0, 0.1) is 0 Å². The summed E-state index contributed by atoms with van der Waals surface area (Å²) in [6.45, 7) is 0. The number of nitrogens with zero attached hydrogens (tertiary/aromatic N) is 3. The molecule has 4 heteroatoms. The molecule has 0 saturated carbocycles. The minimum atomic E-state index is -0.937. The fraction of sp³-hybridized carbons (Fsp3) is 0. The second kappa shape index (κ2) is 12.6. The van der Waals surface area contributed by atoms with Gasteiger partial charge in [0.25, 0.3) is 0 Å². The Morgan fingerprint density at radius 1 is 0.327 bits per heavy atom. The van der Waals surface area contributed by atoms with Gasteiger partial charge in [0.15, 0.2) is 17.5 Å². The van der Waals surface area contributed by atoms with Gasteiger partial charge in [-0.05, 0) is 78.8 Å². The maximum absolute atomic E-state index is 9.60. The van der Waals surface area contributed by atoms with Gasteiger partial charge in [0.05, 0.1) is 26.0 Å². The Bertz CT molecular complexity index is 4270. The highest BCUT2D eigenvalue weighted by Crippen LogP contribution is 2.38. The zero-order chi connectivity index (χ0) is 52.8. The van der Waals surface area contributed by atoms with Crippen molar-refractivity contribution in [3.05, 3.63) is 188 Å². The van der Waals surface area contributed by atoms with E-state index in [2.05, 4.69) is 9.97 Å². The lowest BCUT2D eigenvalue weighted by atomic mass is 9.92. The minimum absolute atomic E-state index is 0.102. The van der Waals surface area contributed by atoms with E-state index in [0.29, 0.717) is 22.3 Å². The normalized spacial score (nSPS) is 16.5. The Hall–Kier alpha value is -7.43. The molecule has 0 radical (unpaired) electrons. The molecular weight excluding hydrogens is 671 g/mol. The van der Waals surface area contributed by atoms with Gasteiger partial charge in [0.1, 0.15) is 11.2 Å². The van der Waals surface area contributed by atoms with Crippen molar-refractivity contribution >= 4 is 54.3 Å². The molecule has 0 fully saturated rings. The number of hydrogen-bond donors (Lipinski definition) is 0. The molecular formula is C51H31N3O. The van der Waals surface area contributed by atoms with Crippen LogP contribution >= 0.6 is 0 Å². The van der Waals surface area contributed by atoms with Crippen LogP contribution in [0.5, 0.6) is 0 Å². The zero-order valence-corrected chi connectivity index (χ0v) is 28.2. The van der Waals surface area contributed by atoms with Crippen molar-refractivity contribution in [2.24, 2.45) is 0 Å². The van der Waals surface area contributed by atoms with E-state index < -0.39 is 169 Å². The summed E-state index contributed by atoms with van der Waals surface area (Å²) in [6.07, 6.45) is 0. The first-order valence-electron chi connectivity index (χ1n) is 26.5. The van der Waals surface area contributed by atoms with Crippen LogP contribution in [0.1, 0.15) is 26.0 Å². The van der Waals surface area contributed by atoms with E-state index in [4.69, 9.17) is 20.4 Å². The molecule has 0 aliphatic carbocycles. The molecule has 2 aromatic heterocycles. The average molecular weight is 721 g/mol. The maximum atomic E-state index is 9.60. The van der Waals surface area contributed by atoms with Gasteiger partial charge in [-0.2, -0.15) is 0 Å². The van der Waals surface area contributed by atoms with Crippen molar-refractivity contribution in [3.8, 4) is 56.4 Å². The topological polar surface area (TPSA) is 51.8 Å². The van der Waals surface area contributed by atoms with Crippen LogP contribution in [0.3, 0.4) is 0 Å². The van der Waals surface area contributed by atoms with E-state index in [9.17, 15) is 15.1 Å². The smallest absolute Gasteiger partial charge is 0.164 e. The van der Waals surface area contributed by atoms with Gasteiger partial charge in [0.2, 0.25) is 0 Å². The number of benzene rings is 9. The van der Waals surface area contributed by atoms with E-state index in [0.717, 1.165) is 10.8 Å². The van der Waals surface area contributed by atoms with Crippen molar-refractivity contribution in [2.75, 3.05) is 0 Å². The number of aromatic nitrogens is 3. The van der Waals surface area contributed by atoms with Crippen LogP contribution in [0.4, 0.5) is 0 Å². The molecule has 0 amide bonds. The fourth-order valence-electron chi connectivity index (χ4n) is 6.59. The first-order valence-corrected chi connectivity index (χ1v) is 17.0. The van der Waals surface area contributed by atoms with Gasteiger partial charge >= 0.3 is 0 Å². The number of furan rings is 1. The lowest BCUT2D eigenvalue weighted by Crippen LogP contribution is -2.00. The highest BCUT2D eigenvalue weighted by atomic mass is 16.3. The summed E-state index contributed by atoms with van der Waals surface area (Å²) in [5.74, 6) is -0.0269. The van der Waals surface area contributed by atoms with E-state index >= 15 is 0 Å². The Balaban J connectivity index is 1.13. The van der Waals surface area contributed by atoms with Crippen LogP contribution in [-0.2, 0) is 0 Å². The molecule has 2 heterocycles. The van der Waals surface area contributed by atoms with Gasteiger partial charge in [-0.15, -0.1) is 0 Å². The summed E-state index contributed by atoms with van der Waals surface area (Å²) < 4.78 is 178. The van der Waals surface area contributed by atoms with Crippen LogP contribution in [0.15, 0.2) is 192 Å². The fourth-order valence-corrected chi connectivity index (χ4v) is 6.59. The van der Waals surface area contributed by atoms with Gasteiger partial charge in [0, 0.05) is 27.5 Å². The minimum Gasteiger partial charge on any atom is -0.456 e. The summed E-state index contributed by atoms with van der Waals surface area (Å²) in [4.78, 5) is 14.0. The molecule has 0 spiro atoms. The second-order valence-corrected chi connectivity index (χ2v) is 12.5. The predicted molar refractivity (Wildman–Crippen MR) is 227 cm³/mol. The van der Waals surface area contributed by atoms with Gasteiger partial charge in [-0.3, -0.25) is 0 Å². The average Bonchev–Trinajstić information content (AvgIpc) is 3.79. The summed E-state index contributed by atoms with van der Waals surface area (Å²) in [5.41, 5.74) is -0.924. The van der Waals surface area contributed by atoms with Crippen molar-refractivity contribution < 1.29 is 30.5 Å². The maximum Gasteiger partial charge on any atom is 0.164 e. The summed E-state index contributed by atoms with van der Waals surface area (Å²) >= 11 is 0. The SMILES string of the molecule is [2H]c1c([2H])c(-c2c([2H])c([2H])c(-c3c([2H])c([2H])c4c5c([2H])c([2H])c([2H])c([2H])c5c5c([2H])c([2H])c([2H])c([2H])c5c4c3[2H])c([2H])c2[2H])c([2H])c([2H])c1-c1nc(-c2ccccc2)nc(-c2ccc3c(c2)oc2ccccc23)n1. The van der Waals surface area contributed by atoms with Crippen molar-refractivity contribution in [1.82, 2.24) is 15.0 Å². The van der Waals surface area contributed by atoms with E-state index in [-0.39, 0.29) is 23.0 Å². The molecule has 0 unspecified atom stereocenters. The summed E-state index contributed by atoms with van der Waals surface area (Å²) in [5, 5.41) is -0.893. The second-order valence-electron chi connectivity index (χ2n) is 12.5.